The SMILES string of the molecule is CCC(CC)CNCC1CCCCCC1N. The van der Waals surface area contributed by atoms with Gasteiger partial charge in [-0.1, -0.05) is 46.0 Å². The second-order valence-electron chi connectivity index (χ2n) is 5.40. The Labute approximate surface area is 101 Å². The van der Waals surface area contributed by atoms with E-state index in [0.29, 0.717) is 6.04 Å². The highest BCUT2D eigenvalue weighted by molar-refractivity contribution is 4.78. The zero-order chi connectivity index (χ0) is 11.8. The van der Waals surface area contributed by atoms with Crippen molar-refractivity contribution >= 4 is 0 Å². The summed E-state index contributed by atoms with van der Waals surface area (Å²) in [4.78, 5) is 0. The Kier molecular flexibility index (Phi) is 7.06. The number of nitrogens with two attached hydrogens (primary N) is 1. The molecule has 2 nitrogen and oxygen atoms in total. The molecule has 2 heteroatoms. The maximum Gasteiger partial charge on any atom is 0.00792 e. The maximum atomic E-state index is 6.22. The highest BCUT2D eigenvalue weighted by atomic mass is 14.9. The van der Waals surface area contributed by atoms with E-state index in [-0.39, 0.29) is 0 Å². The van der Waals surface area contributed by atoms with Gasteiger partial charge in [-0.3, -0.25) is 0 Å². The maximum absolute atomic E-state index is 6.22. The van der Waals surface area contributed by atoms with E-state index in [1.165, 1.54) is 51.5 Å². The Morgan fingerprint density at radius 1 is 1.12 bits per heavy atom. The summed E-state index contributed by atoms with van der Waals surface area (Å²) in [6.07, 6.45) is 9.25. The fourth-order valence-corrected chi connectivity index (χ4v) is 2.72. The van der Waals surface area contributed by atoms with Crippen LogP contribution in [-0.4, -0.2) is 19.1 Å². The Morgan fingerprint density at radius 2 is 1.81 bits per heavy atom. The Balaban J connectivity index is 2.19. The summed E-state index contributed by atoms with van der Waals surface area (Å²) in [5.41, 5.74) is 6.22. The zero-order valence-corrected chi connectivity index (χ0v) is 11.2. The van der Waals surface area contributed by atoms with Crippen LogP contribution in [0.3, 0.4) is 0 Å². The molecule has 1 saturated carbocycles. The largest absolute Gasteiger partial charge is 0.327 e. The van der Waals surface area contributed by atoms with Crippen LogP contribution in [0.1, 0.15) is 58.8 Å². The summed E-state index contributed by atoms with van der Waals surface area (Å²) in [6.45, 7) is 6.88. The predicted octanol–water partition coefficient (Wildman–Crippen LogP) is 2.92. The van der Waals surface area contributed by atoms with E-state index >= 15 is 0 Å². The zero-order valence-electron chi connectivity index (χ0n) is 11.2. The van der Waals surface area contributed by atoms with Gasteiger partial charge in [-0.25, -0.2) is 0 Å². The summed E-state index contributed by atoms with van der Waals surface area (Å²) in [5, 5.41) is 3.64. The summed E-state index contributed by atoms with van der Waals surface area (Å²) in [6, 6.07) is 0.441. The second kappa shape index (κ2) is 8.08. The van der Waals surface area contributed by atoms with Gasteiger partial charge in [-0.15, -0.1) is 0 Å². The molecule has 0 radical (unpaired) electrons. The van der Waals surface area contributed by atoms with Gasteiger partial charge in [0.05, 0.1) is 0 Å². The second-order valence-corrected chi connectivity index (χ2v) is 5.40. The van der Waals surface area contributed by atoms with Gasteiger partial charge in [0.25, 0.3) is 0 Å². The molecule has 0 spiro atoms. The van der Waals surface area contributed by atoms with Crippen LogP contribution in [0.15, 0.2) is 0 Å². The first-order valence-electron chi connectivity index (χ1n) is 7.24. The van der Waals surface area contributed by atoms with Crippen LogP contribution in [0.5, 0.6) is 0 Å². The van der Waals surface area contributed by atoms with Gasteiger partial charge in [0.2, 0.25) is 0 Å². The minimum absolute atomic E-state index is 0.441. The van der Waals surface area contributed by atoms with Crippen molar-refractivity contribution in [2.75, 3.05) is 13.1 Å². The molecule has 2 unspecified atom stereocenters. The average Bonchev–Trinajstić information content (AvgIpc) is 2.50. The molecule has 1 fully saturated rings. The summed E-state index contributed by atoms with van der Waals surface area (Å²) in [7, 11) is 0. The van der Waals surface area contributed by atoms with Crippen molar-refractivity contribution in [3.63, 3.8) is 0 Å². The van der Waals surface area contributed by atoms with Gasteiger partial charge in [-0.05, 0) is 37.8 Å². The fraction of sp³-hybridized carbons (Fsp3) is 1.00. The van der Waals surface area contributed by atoms with Crippen LogP contribution in [0.4, 0.5) is 0 Å². The smallest absolute Gasteiger partial charge is 0.00792 e. The first kappa shape index (κ1) is 14.0. The summed E-state index contributed by atoms with van der Waals surface area (Å²) < 4.78 is 0. The van der Waals surface area contributed by atoms with Crippen molar-refractivity contribution in [2.45, 2.75) is 64.8 Å². The van der Waals surface area contributed by atoms with Crippen LogP contribution in [0.2, 0.25) is 0 Å². The van der Waals surface area contributed by atoms with Crippen molar-refractivity contribution in [1.82, 2.24) is 5.32 Å². The van der Waals surface area contributed by atoms with Crippen LogP contribution in [0, 0.1) is 11.8 Å². The first-order valence-corrected chi connectivity index (χ1v) is 7.24. The molecule has 1 rings (SSSR count). The third-order valence-electron chi connectivity index (χ3n) is 4.21. The van der Waals surface area contributed by atoms with Crippen molar-refractivity contribution in [3.8, 4) is 0 Å². The van der Waals surface area contributed by atoms with Crippen LogP contribution < -0.4 is 11.1 Å². The molecule has 0 aromatic heterocycles. The lowest BCUT2D eigenvalue weighted by molar-refractivity contribution is 0.353. The molecule has 0 bridgehead atoms. The molecular formula is C14H30N2. The van der Waals surface area contributed by atoms with E-state index in [4.69, 9.17) is 5.73 Å². The van der Waals surface area contributed by atoms with E-state index in [1.807, 2.05) is 0 Å². The molecule has 16 heavy (non-hydrogen) atoms. The fourth-order valence-electron chi connectivity index (χ4n) is 2.72. The Morgan fingerprint density at radius 3 is 2.50 bits per heavy atom. The van der Waals surface area contributed by atoms with Gasteiger partial charge < -0.3 is 11.1 Å². The molecule has 0 heterocycles. The van der Waals surface area contributed by atoms with Crippen LogP contribution in [-0.2, 0) is 0 Å². The topological polar surface area (TPSA) is 38.0 Å². The predicted molar refractivity (Wildman–Crippen MR) is 71.5 cm³/mol. The normalized spacial score (nSPS) is 27.0. The number of rotatable bonds is 6. The number of hydrogen-bond acceptors (Lipinski definition) is 2. The Bertz CT molecular complexity index is 166. The number of nitrogens with one attached hydrogen (secondary N) is 1. The summed E-state index contributed by atoms with van der Waals surface area (Å²) >= 11 is 0. The van der Waals surface area contributed by atoms with Crippen molar-refractivity contribution < 1.29 is 0 Å². The lowest BCUT2D eigenvalue weighted by atomic mass is 9.95. The van der Waals surface area contributed by atoms with Gasteiger partial charge in [-0.2, -0.15) is 0 Å². The molecule has 0 aromatic carbocycles. The van der Waals surface area contributed by atoms with E-state index < -0.39 is 0 Å². The lowest BCUT2D eigenvalue weighted by Crippen LogP contribution is -2.37. The minimum atomic E-state index is 0.441. The van der Waals surface area contributed by atoms with Gasteiger partial charge in [0, 0.05) is 6.04 Å². The first-order chi connectivity index (χ1) is 7.77. The molecular weight excluding hydrogens is 196 g/mol. The molecule has 0 aliphatic heterocycles. The number of hydrogen-bond donors (Lipinski definition) is 2. The van der Waals surface area contributed by atoms with Crippen molar-refractivity contribution in [3.05, 3.63) is 0 Å². The van der Waals surface area contributed by atoms with Crippen molar-refractivity contribution in [1.29, 1.82) is 0 Å². The Hall–Kier alpha value is -0.0800. The molecule has 96 valence electrons. The average molecular weight is 226 g/mol. The third kappa shape index (κ3) is 4.84. The van der Waals surface area contributed by atoms with E-state index in [0.717, 1.165) is 18.4 Å². The molecule has 3 N–H and O–H groups in total. The molecule has 1 aliphatic rings. The summed E-state index contributed by atoms with van der Waals surface area (Å²) in [5.74, 6) is 1.57. The molecule has 0 amide bonds. The van der Waals surface area contributed by atoms with Crippen LogP contribution in [0.25, 0.3) is 0 Å². The van der Waals surface area contributed by atoms with E-state index in [9.17, 15) is 0 Å². The lowest BCUT2D eigenvalue weighted by Gasteiger charge is -2.23. The van der Waals surface area contributed by atoms with Gasteiger partial charge in [0.15, 0.2) is 0 Å². The van der Waals surface area contributed by atoms with E-state index in [1.54, 1.807) is 0 Å². The molecule has 0 saturated heterocycles. The van der Waals surface area contributed by atoms with Gasteiger partial charge in [0.1, 0.15) is 0 Å². The third-order valence-corrected chi connectivity index (χ3v) is 4.21. The quantitative estimate of drug-likeness (QED) is 0.683. The standard InChI is InChI=1S/C14H30N2/c1-3-12(4-2)10-16-11-13-8-6-5-7-9-14(13)15/h12-14,16H,3-11,15H2,1-2H3. The van der Waals surface area contributed by atoms with Gasteiger partial charge >= 0.3 is 0 Å². The van der Waals surface area contributed by atoms with Crippen LogP contribution >= 0.6 is 0 Å². The molecule has 1 aliphatic carbocycles. The van der Waals surface area contributed by atoms with Crippen molar-refractivity contribution in [2.24, 2.45) is 17.6 Å². The highest BCUT2D eigenvalue weighted by Crippen LogP contribution is 2.21. The minimum Gasteiger partial charge on any atom is -0.327 e. The highest BCUT2D eigenvalue weighted by Gasteiger charge is 2.19. The van der Waals surface area contributed by atoms with E-state index in [2.05, 4.69) is 19.2 Å². The monoisotopic (exact) mass is 226 g/mol. The molecule has 0 aromatic rings. The molecule has 2 atom stereocenters.